The van der Waals surface area contributed by atoms with Gasteiger partial charge in [0.1, 0.15) is 5.82 Å². The average Bonchev–Trinajstić information content (AvgIpc) is 2.36. The van der Waals surface area contributed by atoms with Crippen LogP contribution in [0.2, 0.25) is 0 Å². The van der Waals surface area contributed by atoms with E-state index in [0.29, 0.717) is 10.2 Å². The number of nitrogens with one attached hydrogen (secondary N) is 1. The van der Waals surface area contributed by atoms with Crippen LogP contribution >= 0.6 is 47.8 Å². The molecule has 0 aromatic heterocycles. The van der Waals surface area contributed by atoms with Gasteiger partial charge in [-0.2, -0.15) is 0 Å². The van der Waals surface area contributed by atoms with Crippen molar-refractivity contribution in [2.75, 3.05) is 5.32 Å². The van der Waals surface area contributed by atoms with Gasteiger partial charge in [-0.3, -0.25) is 4.79 Å². The van der Waals surface area contributed by atoms with E-state index in [1.54, 1.807) is 18.2 Å². The number of anilines is 1. The van der Waals surface area contributed by atoms with Gasteiger partial charge in [0.25, 0.3) is 5.91 Å². The highest BCUT2D eigenvalue weighted by molar-refractivity contribution is 9.11. The quantitative estimate of drug-likeness (QED) is 0.653. The third-order valence-corrected chi connectivity index (χ3v) is 4.03. The highest BCUT2D eigenvalue weighted by atomic mass is 79.9. The van der Waals surface area contributed by atoms with Crippen molar-refractivity contribution in [3.8, 4) is 0 Å². The topological polar surface area (TPSA) is 29.1 Å². The summed E-state index contributed by atoms with van der Waals surface area (Å²) < 4.78 is 15.8. The van der Waals surface area contributed by atoms with Gasteiger partial charge in [0, 0.05) is 13.4 Å². The Balaban J connectivity index is 2.30. The smallest absolute Gasteiger partial charge is 0.258 e. The van der Waals surface area contributed by atoms with Crippen LogP contribution in [0, 0.1) is 5.82 Å². The molecule has 0 aliphatic carbocycles. The van der Waals surface area contributed by atoms with Crippen LogP contribution in [0.3, 0.4) is 0 Å². The second-order valence-electron chi connectivity index (χ2n) is 3.70. The molecule has 0 fully saturated rings. The third-order valence-electron chi connectivity index (χ3n) is 2.35. The highest BCUT2D eigenvalue weighted by Crippen LogP contribution is 2.27. The third kappa shape index (κ3) is 3.64. The molecule has 0 aliphatic heterocycles. The molecular weight excluding hydrogens is 445 g/mol. The predicted molar refractivity (Wildman–Crippen MR) is 83.9 cm³/mol. The summed E-state index contributed by atoms with van der Waals surface area (Å²) in [7, 11) is 0. The van der Waals surface area contributed by atoms with Crippen LogP contribution in [0.15, 0.2) is 49.8 Å². The van der Waals surface area contributed by atoms with Crippen molar-refractivity contribution in [2.45, 2.75) is 0 Å². The molecule has 0 atom stereocenters. The van der Waals surface area contributed by atoms with Crippen LogP contribution in [0.4, 0.5) is 10.1 Å². The SMILES string of the molecule is O=C(Nc1cc(Br)ccc1Br)c1cc(Br)ccc1F. The molecule has 6 heteroatoms. The van der Waals surface area contributed by atoms with Crippen LogP contribution in [0.25, 0.3) is 0 Å². The highest BCUT2D eigenvalue weighted by Gasteiger charge is 2.13. The van der Waals surface area contributed by atoms with E-state index in [9.17, 15) is 9.18 Å². The molecule has 0 bridgehead atoms. The number of hydrogen-bond donors (Lipinski definition) is 1. The van der Waals surface area contributed by atoms with Gasteiger partial charge in [0.15, 0.2) is 0 Å². The molecule has 0 heterocycles. The molecule has 0 radical (unpaired) electrons. The molecular formula is C13H7Br3FNO. The molecule has 2 aromatic rings. The number of benzene rings is 2. The first-order valence-corrected chi connectivity index (χ1v) is 7.57. The monoisotopic (exact) mass is 449 g/mol. The van der Waals surface area contributed by atoms with E-state index in [4.69, 9.17) is 0 Å². The van der Waals surface area contributed by atoms with E-state index < -0.39 is 11.7 Å². The Morgan fingerprint density at radius 3 is 2.37 bits per heavy atom. The summed E-state index contributed by atoms with van der Waals surface area (Å²) in [6.45, 7) is 0. The fraction of sp³-hybridized carbons (Fsp3) is 0. The first-order valence-electron chi connectivity index (χ1n) is 5.19. The molecule has 19 heavy (non-hydrogen) atoms. The lowest BCUT2D eigenvalue weighted by Gasteiger charge is -2.09. The first-order chi connectivity index (χ1) is 8.97. The van der Waals surface area contributed by atoms with E-state index in [1.165, 1.54) is 12.1 Å². The summed E-state index contributed by atoms with van der Waals surface area (Å²) in [5.74, 6) is -1.07. The van der Waals surface area contributed by atoms with Crippen LogP contribution in [-0.4, -0.2) is 5.91 Å². The summed E-state index contributed by atoms with van der Waals surface area (Å²) >= 11 is 9.85. The van der Waals surface area contributed by atoms with Gasteiger partial charge in [-0.05, 0) is 52.3 Å². The zero-order valence-corrected chi connectivity index (χ0v) is 14.1. The molecule has 0 aliphatic rings. The maximum Gasteiger partial charge on any atom is 0.258 e. The lowest BCUT2D eigenvalue weighted by molar-refractivity contribution is 0.102. The van der Waals surface area contributed by atoms with Gasteiger partial charge >= 0.3 is 0 Å². The van der Waals surface area contributed by atoms with Crippen molar-refractivity contribution in [3.05, 3.63) is 61.2 Å². The summed E-state index contributed by atoms with van der Waals surface area (Å²) in [6, 6.07) is 9.58. The molecule has 1 N–H and O–H groups in total. The van der Waals surface area contributed by atoms with Crippen molar-refractivity contribution in [3.63, 3.8) is 0 Å². The van der Waals surface area contributed by atoms with Crippen molar-refractivity contribution < 1.29 is 9.18 Å². The number of amides is 1. The summed E-state index contributed by atoms with van der Waals surface area (Å²) in [5.41, 5.74) is 0.556. The van der Waals surface area contributed by atoms with Gasteiger partial charge in [-0.15, -0.1) is 0 Å². The lowest BCUT2D eigenvalue weighted by atomic mass is 10.2. The second kappa shape index (κ2) is 6.15. The Morgan fingerprint density at radius 1 is 1.00 bits per heavy atom. The summed E-state index contributed by atoms with van der Waals surface area (Å²) in [4.78, 5) is 12.0. The molecule has 1 amide bonds. The van der Waals surface area contributed by atoms with Crippen molar-refractivity contribution in [1.82, 2.24) is 0 Å². The molecule has 0 saturated heterocycles. The number of halogens is 4. The minimum atomic E-state index is -0.563. The number of rotatable bonds is 2. The molecule has 98 valence electrons. The van der Waals surface area contributed by atoms with Gasteiger partial charge < -0.3 is 5.32 Å². The predicted octanol–water partition coefficient (Wildman–Crippen LogP) is 5.37. The molecule has 0 unspecified atom stereocenters. The van der Waals surface area contributed by atoms with Crippen molar-refractivity contribution in [1.29, 1.82) is 0 Å². The van der Waals surface area contributed by atoms with E-state index in [1.807, 2.05) is 6.07 Å². The zero-order valence-electron chi connectivity index (χ0n) is 9.38. The maximum absolute atomic E-state index is 13.6. The Labute approximate surface area is 134 Å². The normalized spacial score (nSPS) is 10.3. The molecule has 0 spiro atoms. The van der Waals surface area contributed by atoms with E-state index in [0.717, 1.165) is 8.95 Å². The van der Waals surface area contributed by atoms with E-state index in [2.05, 4.69) is 53.1 Å². The van der Waals surface area contributed by atoms with E-state index in [-0.39, 0.29) is 5.56 Å². The number of carbonyl (C=O) groups excluding carboxylic acids is 1. The number of hydrogen-bond acceptors (Lipinski definition) is 1. The van der Waals surface area contributed by atoms with Crippen molar-refractivity contribution in [2.24, 2.45) is 0 Å². The molecule has 2 aromatic carbocycles. The van der Waals surface area contributed by atoms with Gasteiger partial charge in [-0.25, -0.2) is 4.39 Å². The minimum absolute atomic E-state index is 0.0127. The summed E-state index contributed by atoms with van der Waals surface area (Å²) in [6.07, 6.45) is 0. The van der Waals surface area contributed by atoms with Crippen molar-refractivity contribution >= 4 is 59.4 Å². The fourth-order valence-electron chi connectivity index (χ4n) is 1.45. The van der Waals surface area contributed by atoms with E-state index >= 15 is 0 Å². The van der Waals surface area contributed by atoms with Crippen LogP contribution in [0.5, 0.6) is 0 Å². The standard InChI is InChI=1S/C13H7Br3FNO/c14-7-2-4-11(17)9(5-7)13(19)18-12-6-8(15)1-3-10(12)16/h1-6H,(H,18,19). The first kappa shape index (κ1) is 14.7. The zero-order chi connectivity index (χ0) is 14.0. The number of carbonyl (C=O) groups is 1. The Bertz CT molecular complexity index is 646. The molecule has 2 nitrogen and oxygen atoms in total. The van der Waals surface area contributed by atoms with Crippen LogP contribution in [-0.2, 0) is 0 Å². The average molecular weight is 452 g/mol. The Kier molecular flexibility index (Phi) is 4.76. The fourth-order valence-corrected chi connectivity index (χ4v) is 2.52. The molecule has 0 saturated carbocycles. The summed E-state index contributed by atoms with van der Waals surface area (Å²) in [5, 5.41) is 2.66. The lowest BCUT2D eigenvalue weighted by Crippen LogP contribution is -2.14. The maximum atomic E-state index is 13.6. The largest absolute Gasteiger partial charge is 0.321 e. The Morgan fingerprint density at radius 2 is 1.63 bits per heavy atom. The van der Waals surface area contributed by atoms with Gasteiger partial charge in [0.05, 0.1) is 11.3 Å². The van der Waals surface area contributed by atoms with Gasteiger partial charge in [-0.1, -0.05) is 31.9 Å². The van der Waals surface area contributed by atoms with Crippen LogP contribution in [0.1, 0.15) is 10.4 Å². The molecule has 2 rings (SSSR count). The van der Waals surface area contributed by atoms with Crippen LogP contribution < -0.4 is 5.32 Å². The van der Waals surface area contributed by atoms with Gasteiger partial charge in [0.2, 0.25) is 0 Å². The Hall–Kier alpha value is -0.720. The second-order valence-corrected chi connectivity index (χ2v) is 6.39. The minimum Gasteiger partial charge on any atom is -0.321 e.